The maximum Gasteiger partial charge on any atom is 0.413 e. The Morgan fingerprint density at radius 1 is 1.60 bits per heavy atom. The first-order valence-electron chi connectivity index (χ1n) is 2.61. The zero-order chi connectivity index (χ0) is 8.31. The Bertz CT molecular complexity index is 157. The fourth-order valence-corrected chi connectivity index (χ4v) is 0.507. The third-order valence-corrected chi connectivity index (χ3v) is 1.14. The number of rotatable bonds is 1. The van der Waals surface area contributed by atoms with Crippen LogP contribution in [0.15, 0.2) is 0 Å². The first-order chi connectivity index (χ1) is 4.46. The molecule has 0 aliphatic heterocycles. The van der Waals surface area contributed by atoms with Gasteiger partial charge in [0.2, 0.25) is 5.91 Å². The van der Waals surface area contributed by atoms with Crippen LogP contribution in [-0.2, 0) is 4.79 Å². The Morgan fingerprint density at radius 2 is 2.00 bits per heavy atom. The topological polar surface area (TPSA) is 57.6 Å². The molecule has 5 heteroatoms. The van der Waals surface area contributed by atoms with E-state index in [0.717, 1.165) is 7.05 Å². The van der Waals surface area contributed by atoms with Crippen LogP contribution in [0.2, 0.25) is 0 Å². The lowest BCUT2D eigenvalue weighted by Gasteiger charge is -2.11. The molecule has 0 heterocycles. The number of amides is 2. The van der Waals surface area contributed by atoms with Gasteiger partial charge in [-0.1, -0.05) is 0 Å². The summed E-state index contributed by atoms with van der Waals surface area (Å²) in [5.41, 5.74) is 0. The highest BCUT2D eigenvalue weighted by molar-refractivity contribution is 6.31. The Balaban J connectivity index is 4.08. The van der Waals surface area contributed by atoms with E-state index in [2.05, 4.69) is 0 Å². The molecule has 0 aromatic carbocycles. The summed E-state index contributed by atoms with van der Waals surface area (Å²) in [6, 6.07) is 0. The van der Waals surface area contributed by atoms with Crippen LogP contribution in [0.25, 0.3) is 0 Å². The summed E-state index contributed by atoms with van der Waals surface area (Å²) in [6.07, 6.45) is -1.29. The minimum absolute atomic E-state index is 0.553. The van der Waals surface area contributed by atoms with E-state index in [1.54, 1.807) is 0 Å². The smallest absolute Gasteiger partial charge is 0.413 e. The third kappa shape index (κ3) is 2.23. The van der Waals surface area contributed by atoms with Gasteiger partial charge in [-0.2, -0.15) is 0 Å². The molecule has 0 spiro atoms. The van der Waals surface area contributed by atoms with Crippen molar-refractivity contribution >= 4 is 23.6 Å². The second kappa shape index (κ2) is 3.41. The zero-order valence-corrected chi connectivity index (χ0v) is 6.42. The number of halogens is 1. The SMILES string of the molecule is CC(Cl)C(=O)N(C)C(=O)O. The molecule has 0 rings (SSSR count). The van der Waals surface area contributed by atoms with Crippen molar-refractivity contribution in [3.05, 3.63) is 0 Å². The summed E-state index contributed by atoms with van der Waals surface area (Å²) < 4.78 is 0. The number of carboxylic acid groups (broad SMARTS) is 1. The third-order valence-electron chi connectivity index (χ3n) is 0.958. The van der Waals surface area contributed by atoms with Gasteiger partial charge in [0.25, 0.3) is 0 Å². The predicted octanol–water partition coefficient (Wildman–Crippen LogP) is 0.750. The van der Waals surface area contributed by atoms with Gasteiger partial charge in [-0.05, 0) is 6.92 Å². The number of alkyl halides is 1. The van der Waals surface area contributed by atoms with Gasteiger partial charge in [-0.25, -0.2) is 9.69 Å². The average Bonchev–Trinajstić information content (AvgIpc) is 1.84. The second-order valence-corrected chi connectivity index (χ2v) is 2.45. The van der Waals surface area contributed by atoms with E-state index >= 15 is 0 Å². The summed E-state index contributed by atoms with van der Waals surface area (Å²) >= 11 is 5.31. The van der Waals surface area contributed by atoms with E-state index in [1.165, 1.54) is 6.92 Å². The van der Waals surface area contributed by atoms with E-state index in [-0.39, 0.29) is 0 Å². The van der Waals surface area contributed by atoms with Gasteiger partial charge >= 0.3 is 6.09 Å². The molecule has 2 amide bonds. The van der Waals surface area contributed by atoms with Crippen molar-refractivity contribution in [1.82, 2.24) is 4.90 Å². The molecule has 0 saturated heterocycles. The van der Waals surface area contributed by atoms with Gasteiger partial charge in [0.1, 0.15) is 5.38 Å². The minimum atomic E-state index is -1.29. The molecular formula is C5H8ClNO3. The van der Waals surface area contributed by atoms with Crippen LogP contribution < -0.4 is 0 Å². The van der Waals surface area contributed by atoms with E-state index in [4.69, 9.17) is 16.7 Å². The van der Waals surface area contributed by atoms with E-state index < -0.39 is 17.4 Å². The number of carbonyl (C=O) groups is 2. The minimum Gasteiger partial charge on any atom is -0.465 e. The normalized spacial score (nSPS) is 12.3. The Hall–Kier alpha value is -0.770. The Labute approximate surface area is 63.4 Å². The molecule has 1 unspecified atom stereocenters. The quantitative estimate of drug-likeness (QED) is 0.584. The summed E-state index contributed by atoms with van der Waals surface area (Å²) in [5, 5.41) is 7.46. The average molecular weight is 166 g/mol. The van der Waals surface area contributed by atoms with Crippen LogP contribution in [-0.4, -0.2) is 34.4 Å². The van der Waals surface area contributed by atoms with Gasteiger partial charge < -0.3 is 5.11 Å². The largest absolute Gasteiger partial charge is 0.465 e. The summed E-state index contributed by atoms with van der Waals surface area (Å²) in [5.74, 6) is -0.617. The van der Waals surface area contributed by atoms with Crippen LogP contribution in [0.5, 0.6) is 0 Å². The predicted molar refractivity (Wildman–Crippen MR) is 36.1 cm³/mol. The lowest BCUT2D eigenvalue weighted by atomic mass is 10.4. The van der Waals surface area contributed by atoms with Crippen molar-refractivity contribution in [3.63, 3.8) is 0 Å². The van der Waals surface area contributed by atoms with E-state index in [1.807, 2.05) is 0 Å². The number of nitrogens with zero attached hydrogens (tertiary/aromatic N) is 1. The Morgan fingerprint density at radius 3 is 2.10 bits per heavy atom. The molecule has 0 fully saturated rings. The highest BCUT2D eigenvalue weighted by Crippen LogP contribution is 1.98. The van der Waals surface area contributed by atoms with Crippen molar-refractivity contribution in [1.29, 1.82) is 0 Å². The molecule has 10 heavy (non-hydrogen) atoms. The van der Waals surface area contributed by atoms with E-state index in [9.17, 15) is 9.59 Å². The molecule has 0 saturated carbocycles. The highest BCUT2D eigenvalue weighted by atomic mass is 35.5. The lowest BCUT2D eigenvalue weighted by molar-refractivity contribution is -0.127. The molecule has 1 N–H and O–H groups in total. The van der Waals surface area contributed by atoms with Gasteiger partial charge in [0, 0.05) is 7.05 Å². The molecule has 0 aliphatic carbocycles. The van der Waals surface area contributed by atoms with Gasteiger partial charge in [0.15, 0.2) is 0 Å². The lowest BCUT2D eigenvalue weighted by Crippen LogP contribution is -2.36. The van der Waals surface area contributed by atoms with E-state index in [0.29, 0.717) is 4.90 Å². The molecule has 58 valence electrons. The first-order valence-corrected chi connectivity index (χ1v) is 3.05. The monoisotopic (exact) mass is 165 g/mol. The van der Waals surface area contributed by atoms with Crippen LogP contribution in [0.4, 0.5) is 4.79 Å². The molecule has 0 aromatic heterocycles. The van der Waals surface area contributed by atoms with Crippen molar-refractivity contribution in [2.45, 2.75) is 12.3 Å². The maximum atomic E-state index is 10.7. The number of hydrogen-bond donors (Lipinski definition) is 1. The van der Waals surface area contributed by atoms with Crippen molar-refractivity contribution in [2.75, 3.05) is 7.05 Å². The van der Waals surface area contributed by atoms with Crippen LogP contribution in [0.1, 0.15) is 6.92 Å². The summed E-state index contributed by atoms with van der Waals surface area (Å²) in [6.45, 7) is 1.42. The number of carbonyl (C=O) groups excluding carboxylic acids is 1. The van der Waals surface area contributed by atoms with Gasteiger partial charge in [0.05, 0.1) is 0 Å². The van der Waals surface area contributed by atoms with Crippen molar-refractivity contribution in [3.8, 4) is 0 Å². The maximum absolute atomic E-state index is 10.7. The molecule has 0 aromatic rings. The summed E-state index contributed by atoms with van der Waals surface area (Å²) in [4.78, 5) is 21.3. The Kier molecular flexibility index (Phi) is 3.15. The van der Waals surface area contributed by atoms with Crippen LogP contribution in [0.3, 0.4) is 0 Å². The second-order valence-electron chi connectivity index (χ2n) is 1.80. The molecule has 0 radical (unpaired) electrons. The fourth-order valence-electron chi connectivity index (χ4n) is 0.361. The number of hydrogen-bond acceptors (Lipinski definition) is 2. The first kappa shape index (κ1) is 9.23. The molecule has 4 nitrogen and oxygen atoms in total. The van der Waals surface area contributed by atoms with Gasteiger partial charge in [-0.3, -0.25) is 4.79 Å². The zero-order valence-electron chi connectivity index (χ0n) is 5.67. The van der Waals surface area contributed by atoms with Crippen molar-refractivity contribution in [2.24, 2.45) is 0 Å². The molecule has 1 atom stereocenters. The van der Waals surface area contributed by atoms with Crippen LogP contribution in [0, 0.1) is 0 Å². The number of imide groups is 1. The highest BCUT2D eigenvalue weighted by Gasteiger charge is 2.19. The molecule has 0 aliphatic rings. The van der Waals surface area contributed by atoms with Gasteiger partial charge in [-0.15, -0.1) is 11.6 Å². The molecular weight excluding hydrogens is 158 g/mol. The molecule has 0 bridgehead atoms. The standard InChI is InChI=1S/C5H8ClNO3/c1-3(6)4(8)7(2)5(9)10/h3H,1-2H3,(H,9,10). The van der Waals surface area contributed by atoms with Crippen LogP contribution >= 0.6 is 11.6 Å². The van der Waals surface area contributed by atoms with Crippen molar-refractivity contribution < 1.29 is 14.7 Å². The summed E-state index contributed by atoms with van der Waals surface area (Å²) in [7, 11) is 1.16. The fraction of sp³-hybridized carbons (Fsp3) is 0.600.